The van der Waals surface area contributed by atoms with E-state index >= 15 is 0 Å². The van der Waals surface area contributed by atoms with Gasteiger partial charge in [-0.1, -0.05) is 18.2 Å². The summed E-state index contributed by atoms with van der Waals surface area (Å²) in [5.74, 6) is -3.07. The van der Waals surface area contributed by atoms with Crippen molar-refractivity contribution in [3.63, 3.8) is 0 Å². The summed E-state index contributed by atoms with van der Waals surface area (Å²) >= 11 is 0. The Morgan fingerprint density at radius 3 is 2.60 bits per heavy atom. The zero-order chi connectivity index (χ0) is 18.2. The van der Waals surface area contributed by atoms with Crippen molar-refractivity contribution in [2.45, 2.75) is 62.8 Å². The third kappa shape index (κ3) is 4.11. The molecule has 1 atom stereocenters. The van der Waals surface area contributed by atoms with E-state index in [1.54, 1.807) is 23.1 Å². The van der Waals surface area contributed by atoms with Crippen LogP contribution in [0.5, 0.6) is 5.75 Å². The first-order valence-electron chi connectivity index (χ1n) is 8.92. The lowest BCUT2D eigenvalue weighted by atomic mass is 9.90. The number of hydrogen-bond acceptors (Lipinski definition) is 3. The van der Waals surface area contributed by atoms with Gasteiger partial charge in [0.1, 0.15) is 5.75 Å². The van der Waals surface area contributed by atoms with Crippen LogP contribution in [0.2, 0.25) is 0 Å². The van der Waals surface area contributed by atoms with Crippen LogP contribution >= 0.6 is 0 Å². The molecular weight excluding hydrogens is 326 g/mol. The number of halogens is 2. The molecule has 1 aliphatic carbocycles. The van der Waals surface area contributed by atoms with Crippen LogP contribution in [0.1, 0.15) is 56.1 Å². The smallest absolute Gasteiger partial charge is 0.248 e. The van der Waals surface area contributed by atoms with Crippen LogP contribution in [0.4, 0.5) is 8.78 Å². The van der Waals surface area contributed by atoms with Crippen molar-refractivity contribution < 1.29 is 18.7 Å². The molecule has 138 valence electrons. The average molecular weight is 352 g/mol. The molecule has 2 aliphatic rings. The van der Waals surface area contributed by atoms with E-state index in [0.717, 1.165) is 12.8 Å². The van der Waals surface area contributed by atoms with Gasteiger partial charge in [-0.2, -0.15) is 0 Å². The Hall–Kier alpha value is -1.69. The Kier molecular flexibility index (Phi) is 4.75. The van der Waals surface area contributed by atoms with E-state index in [9.17, 15) is 18.7 Å². The maximum Gasteiger partial charge on any atom is 0.248 e. The topological polar surface area (TPSA) is 66.6 Å². The van der Waals surface area contributed by atoms with Gasteiger partial charge in [-0.05, 0) is 37.7 Å². The van der Waals surface area contributed by atoms with Crippen LogP contribution in [0.3, 0.4) is 0 Å². The molecule has 0 bridgehead atoms. The van der Waals surface area contributed by atoms with Crippen molar-refractivity contribution in [3.05, 3.63) is 29.3 Å². The third-order valence-corrected chi connectivity index (χ3v) is 5.59. The SMILES string of the molecule is CC1(N)CCN(C(=O)Cc2cccc([C@@H]3CCC(F)(F)C3)c2O)CC1. The number of rotatable bonds is 3. The Morgan fingerprint density at radius 1 is 1.32 bits per heavy atom. The van der Waals surface area contributed by atoms with Crippen LogP contribution in [-0.4, -0.2) is 40.5 Å². The highest BCUT2D eigenvalue weighted by atomic mass is 19.3. The molecule has 4 nitrogen and oxygen atoms in total. The van der Waals surface area contributed by atoms with E-state index in [2.05, 4.69) is 0 Å². The zero-order valence-electron chi connectivity index (χ0n) is 14.6. The highest BCUT2D eigenvalue weighted by Gasteiger charge is 2.41. The summed E-state index contributed by atoms with van der Waals surface area (Å²) in [4.78, 5) is 14.3. The lowest BCUT2D eigenvalue weighted by molar-refractivity contribution is -0.131. The van der Waals surface area contributed by atoms with Crippen LogP contribution in [0.15, 0.2) is 18.2 Å². The number of benzene rings is 1. The van der Waals surface area contributed by atoms with Crippen LogP contribution in [0.25, 0.3) is 0 Å². The number of para-hydroxylation sites is 1. The van der Waals surface area contributed by atoms with Gasteiger partial charge in [0.15, 0.2) is 0 Å². The number of carbonyl (C=O) groups is 1. The summed E-state index contributed by atoms with van der Waals surface area (Å²) < 4.78 is 27.0. The molecule has 0 spiro atoms. The second-order valence-corrected chi connectivity index (χ2v) is 7.86. The van der Waals surface area contributed by atoms with E-state index in [1.165, 1.54) is 0 Å². The molecule has 2 fully saturated rings. The first-order valence-corrected chi connectivity index (χ1v) is 8.92. The Balaban J connectivity index is 1.69. The first-order chi connectivity index (χ1) is 11.7. The van der Waals surface area contributed by atoms with Crippen LogP contribution in [-0.2, 0) is 11.2 Å². The number of phenolic OH excluding ortho intramolecular Hbond substituents is 1. The van der Waals surface area contributed by atoms with Crippen molar-refractivity contribution in [1.29, 1.82) is 0 Å². The van der Waals surface area contributed by atoms with E-state index in [1.807, 2.05) is 6.92 Å². The standard InChI is InChI=1S/C19H26F2N2O2/c1-18(22)7-9-23(10-8-18)16(24)11-13-3-2-4-15(17(13)25)14-5-6-19(20,21)12-14/h2-4,14,25H,5-12,22H2,1H3/t14-/m1/s1. The molecule has 6 heteroatoms. The van der Waals surface area contributed by atoms with Gasteiger partial charge in [-0.3, -0.25) is 4.79 Å². The normalized spacial score (nSPS) is 25.1. The fraction of sp³-hybridized carbons (Fsp3) is 0.632. The Morgan fingerprint density at radius 2 is 2.00 bits per heavy atom. The number of alkyl halides is 2. The summed E-state index contributed by atoms with van der Waals surface area (Å²) in [6.45, 7) is 3.21. The van der Waals surface area contributed by atoms with E-state index in [0.29, 0.717) is 30.6 Å². The number of phenols is 1. The number of nitrogens with zero attached hydrogens (tertiary/aromatic N) is 1. The molecule has 1 aliphatic heterocycles. The molecule has 25 heavy (non-hydrogen) atoms. The van der Waals surface area contributed by atoms with Gasteiger partial charge in [-0.15, -0.1) is 0 Å². The average Bonchev–Trinajstić information content (AvgIpc) is 2.89. The lowest BCUT2D eigenvalue weighted by Gasteiger charge is -2.36. The molecule has 1 aromatic carbocycles. The van der Waals surface area contributed by atoms with Crippen molar-refractivity contribution in [1.82, 2.24) is 4.90 Å². The first kappa shape index (κ1) is 18.1. The second-order valence-electron chi connectivity index (χ2n) is 7.86. The predicted molar refractivity (Wildman–Crippen MR) is 91.8 cm³/mol. The Labute approximate surface area is 147 Å². The van der Waals surface area contributed by atoms with Gasteiger partial charge >= 0.3 is 0 Å². The maximum atomic E-state index is 13.5. The molecule has 1 saturated heterocycles. The number of piperidine rings is 1. The van der Waals surface area contributed by atoms with Gasteiger partial charge < -0.3 is 15.7 Å². The summed E-state index contributed by atoms with van der Waals surface area (Å²) in [7, 11) is 0. The van der Waals surface area contributed by atoms with Gasteiger partial charge in [0, 0.05) is 37.0 Å². The summed E-state index contributed by atoms with van der Waals surface area (Å²) in [6.07, 6.45) is 1.57. The number of likely N-dealkylation sites (tertiary alicyclic amines) is 1. The Bertz CT molecular complexity index is 651. The minimum Gasteiger partial charge on any atom is -0.507 e. The highest BCUT2D eigenvalue weighted by Crippen LogP contribution is 2.46. The molecule has 0 unspecified atom stereocenters. The van der Waals surface area contributed by atoms with E-state index in [-0.39, 0.29) is 42.4 Å². The van der Waals surface area contributed by atoms with Crippen LogP contribution < -0.4 is 5.73 Å². The molecule has 3 N–H and O–H groups in total. The third-order valence-electron chi connectivity index (χ3n) is 5.59. The fourth-order valence-electron chi connectivity index (χ4n) is 3.84. The molecule has 1 saturated carbocycles. The minimum atomic E-state index is -2.66. The van der Waals surface area contributed by atoms with Gasteiger partial charge in [0.25, 0.3) is 0 Å². The second kappa shape index (κ2) is 6.56. The summed E-state index contributed by atoms with van der Waals surface area (Å²) in [5, 5.41) is 10.5. The number of nitrogens with two attached hydrogens (primary N) is 1. The maximum absolute atomic E-state index is 13.5. The van der Waals surface area contributed by atoms with Crippen molar-refractivity contribution in [2.75, 3.05) is 13.1 Å². The quantitative estimate of drug-likeness (QED) is 0.878. The highest BCUT2D eigenvalue weighted by molar-refractivity contribution is 5.79. The molecule has 1 heterocycles. The molecular formula is C19H26F2N2O2. The summed E-state index contributed by atoms with van der Waals surface area (Å²) in [5.41, 5.74) is 6.91. The molecule has 3 rings (SSSR count). The molecule has 1 amide bonds. The van der Waals surface area contributed by atoms with Crippen molar-refractivity contribution >= 4 is 5.91 Å². The molecule has 0 radical (unpaired) electrons. The van der Waals surface area contributed by atoms with Gasteiger partial charge in [0.05, 0.1) is 6.42 Å². The molecule has 0 aromatic heterocycles. The van der Waals surface area contributed by atoms with E-state index in [4.69, 9.17) is 5.73 Å². The number of aromatic hydroxyl groups is 1. The summed E-state index contributed by atoms with van der Waals surface area (Å²) in [6, 6.07) is 5.12. The van der Waals surface area contributed by atoms with E-state index < -0.39 is 5.92 Å². The zero-order valence-corrected chi connectivity index (χ0v) is 14.6. The largest absolute Gasteiger partial charge is 0.507 e. The van der Waals surface area contributed by atoms with Crippen LogP contribution in [0, 0.1) is 0 Å². The van der Waals surface area contributed by atoms with Crippen molar-refractivity contribution in [3.8, 4) is 5.75 Å². The van der Waals surface area contributed by atoms with Crippen molar-refractivity contribution in [2.24, 2.45) is 5.73 Å². The van der Waals surface area contributed by atoms with Gasteiger partial charge in [0.2, 0.25) is 11.8 Å². The number of amides is 1. The minimum absolute atomic E-state index is 0.000720. The van der Waals surface area contributed by atoms with Gasteiger partial charge in [-0.25, -0.2) is 8.78 Å². The monoisotopic (exact) mass is 352 g/mol. The number of hydrogen-bond donors (Lipinski definition) is 2. The molecule has 1 aromatic rings. The predicted octanol–water partition coefficient (Wildman–Crippen LogP) is 3.18. The lowest BCUT2D eigenvalue weighted by Crippen LogP contribution is -2.50. The fourth-order valence-corrected chi connectivity index (χ4v) is 3.84. The number of carbonyl (C=O) groups excluding carboxylic acids is 1.